The van der Waals surface area contributed by atoms with Gasteiger partial charge >= 0.3 is 0 Å². The summed E-state index contributed by atoms with van der Waals surface area (Å²) in [4.78, 5) is 33.5. The number of piperidine rings is 1. The zero-order valence-electron chi connectivity index (χ0n) is 35.2. The molecule has 7 nitrogen and oxygen atoms in total. The van der Waals surface area contributed by atoms with Crippen molar-refractivity contribution in [1.82, 2.24) is 9.80 Å². The van der Waals surface area contributed by atoms with Crippen molar-refractivity contribution in [3.8, 4) is 5.75 Å². The maximum Gasteiger partial charge on any atom is 0.261 e. The Morgan fingerprint density at radius 3 is 2.03 bits per heavy atom. The molecule has 8 rings (SSSR count). The Morgan fingerprint density at radius 2 is 1.44 bits per heavy atom. The fourth-order valence-corrected chi connectivity index (χ4v) is 15.1. The van der Waals surface area contributed by atoms with Crippen LogP contribution in [-0.4, -0.2) is 73.5 Å². The molecule has 1 aliphatic carbocycles. The van der Waals surface area contributed by atoms with Crippen LogP contribution in [0.5, 0.6) is 5.75 Å². The first-order valence-corrected chi connectivity index (χ1v) is 23.7. The number of benzene rings is 4. The van der Waals surface area contributed by atoms with Crippen molar-refractivity contribution in [3.05, 3.63) is 143 Å². The van der Waals surface area contributed by atoms with E-state index < -0.39 is 20.2 Å². The fraction of sp³-hybridized carbons (Fsp3) is 0.412. The lowest BCUT2D eigenvalue weighted by Gasteiger charge is -2.44. The average Bonchev–Trinajstić information content (AvgIpc) is 3.78. The minimum absolute atomic E-state index is 0.00156. The van der Waals surface area contributed by atoms with Crippen LogP contribution in [-0.2, 0) is 25.3 Å². The van der Waals surface area contributed by atoms with Gasteiger partial charge in [0.1, 0.15) is 5.75 Å². The predicted molar refractivity (Wildman–Crippen MR) is 238 cm³/mol. The summed E-state index contributed by atoms with van der Waals surface area (Å²) in [7, 11) is -2.90. The molecule has 4 aliphatic rings. The van der Waals surface area contributed by atoms with E-state index in [1.54, 1.807) is 17.0 Å². The summed E-state index contributed by atoms with van der Waals surface area (Å²) >= 11 is 0. The number of imide groups is 1. The fourth-order valence-electron chi connectivity index (χ4n) is 10.6. The molecule has 4 aromatic carbocycles. The first-order chi connectivity index (χ1) is 28.6. The largest absolute Gasteiger partial charge is 0.508 e. The Morgan fingerprint density at radius 1 is 0.831 bits per heavy atom. The number of carbonyl (C=O) groups excluding carboxylic acids is 2. The van der Waals surface area contributed by atoms with E-state index in [1.165, 1.54) is 27.1 Å². The van der Waals surface area contributed by atoms with Crippen LogP contribution < -0.4 is 10.4 Å². The van der Waals surface area contributed by atoms with E-state index in [9.17, 15) is 14.7 Å². The third kappa shape index (κ3) is 8.30. The van der Waals surface area contributed by atoms with Crippen LogP contribution in [0.1, 0.15) is 77.3 Å². The molecule has 3 aliphatic heterocycles. The van der Waals surface area contributed by atoms with Gasteiger partial charge in [-0.1, -0.05) is 142 Å². The van der Waals surface area contributed by atoms with Gasteiger partial charge in [-0.3, -0.25) is 19.4 Å². The van der Waals surface area contributed by atoms with Gasteiger partial charge in [-0.05, 0) is 88.3 Å². The van der Waals surface area contributed by atoms with Crippen molar-refractivity contribution >= 4 is 36.6 Å². The molecule has 4 aromatic rings. The normalized spacial score (nSPS) is 23.2. The third-order valence-corrected chi connectivity index (χ3v) is 18.5. The number of aromatic hydroxyl groups is 1. The van der Waals surface area contributed by atoms with E-state index in [2.05, 4.69) is 124 Å². The van der Waals surface area contributed by atoms with Gasteiger partial charge in [-0.15, -0.1) is 0 Å². The number of nitrogens with zero attached hydrogens (tertiary/aromatic N) is 2. The average molecular weight is 809 g/mol. The van der Waals surface area contributed by atoms with Crippen LogP contribution in [0.2, 0.25) is 5.04 Å². The van der Waals surface area contributed by atoms with E-state index in [1.807, 2.05) is 18.2 Å². The Hall–Kier alpha value is -4.60. The molecule has 59 heavy (non-hydrogen) atoms. The highest BCUT2D eigenvalue weighted by atomic mass is 28.4. The molecule has 4 atom stereocenters. The molecule has 3 fully saturated rings. The number of amides is 2. The zero-order valence-corrected chi connectivity index (χ0v) is 36.2. The molecule has 0 unspecified atom stereocenters. The molecule has 0 radical (unpaired) electrons. The number of allylic oxidation sites excluding steroid dienone is 1. The lowest BCUT2D eigenvalue weighted by Crippen LogP contribution is -2.66. The molecule has 0 saturated carbocycles. The highest BCUT2D eigenvalue weighted by molar-refractivity contribution is 6.99. The van der Waals surface area contributed by atoms with Crippen LogP contribution in [0, 0.1) is 17.8 Å². The first-order valence-electron chi connectivity index (χ1n) is 21.8. The summed E-state index contributed by atoms with van der Waals surface area (Å²) in [6, 6.07) is 39.2. The van der Waals surface area contributed by atoms with Crippen molar-refractivity contribution in [2.45, 2.75) is 89.9 Å². The number of ether oxygens (including phenoxy) is 1. The second-order valence-electron chi connectivity index (χ2n) is 18.1. The smallest absolute Gasteiger partial charge is 0.261 e. The number of hydrogen-bond acceptors (Lipinski definition) is 6. The molecular weight excluding hydrogens is 749 g/mol. The van der Waals surface area contributed by atoms with E-state index in [4.69, 9.17) is 9.16 Å². The summed E-state index contributed by atoms with van der Waals surface area (Å²) in [5.41, 5.74) is 6.00. The summed E-state index contributed by atoms with van der Waals surface area (Å²) in [5, 5.41) is 12.1. The molecule has 8 heteroatoms. The van der Waals surface area contributed by atoms with Gasteiger partial charge in [-0.2, -0.15) is 0 Å². The van der Waals surface area contributed by atoms with Crippen molar-refractivity contribution < 1.29 is 23.9 Å². The number of fused-ring (bicyclic) bond motifs is 3. The number of phenols is 1. The summed E-state index contributed by atoms with van der Waals surface area (Å²) in [6.07, 6.45) is 6.70. The van der Waals surface area contributed by atoms with Crippen molar-refractivity contribution in [2.24, 2.45) is 17.8 Å². The molecular formula is C51H60N2O5Si. The lowest BCUT2D eigenvalue weighted by molar-refractivity contribution is -0.144. The molecule has 3 saturated heterocycles. The SMILES string of the molecule is CC/C(=C\c1ccc(O)cc1)CC[C@H]1OC[C@H]2C1=C(CO[Si](c1ccccc1)(c1ccccc1)C(C)(C)C)C[C@H]1C(=O)N(C3CCN(Cc4ccccc4)CC3)C(=O)[C@H]12. The van der Waals surface area contributed by atoms with Crippen LogP contribution >= 0.6 is 0 Å². The maximum absolute atomic E-state index is 14.7. The van der Waals surface area contributed by atoms with E-state index >= 15 is 0 Å². The quantitative estimate of drug-likeness (QED) is 0.0830. The van der Waals surface area contributed by atoms with Gasteiger partial charge in [0, 0.05) is 31.6 Å². The Kier molecular flexibility index (Phi) is 12.2. The minimum Gasteiger partial charge on any atom is -0.508 e. The van der Waals surface area contributed by atoms with Gasteiger partial charge in [0.2, 0.25) is 11.8 Å². The second-order valence-corrected chi connectivity index (χ2v) is 22.4. The van der Waals surface area contributed by atoms with Gasteiger partial charge in [0.15, 0.2) is 0 Å². The molecule has 3 heterocycles. The van der Waals surface area contributed by atoms with Crippen LogP contribution in [0.25, 0.3) is 6.08 Å². The molecule has 0 aromatic heterocycles. The Balaban J connectivity index is 1.10. The molecule has 2 amide bonds. The summed E-state index contributed by atoms with van der Waals surface area (Å²) in [5.74, 6) is -0.701. The van der Waals surface area contributed by atoms with Gasteiger partial charge < -0.3 is 14.3 Å². The van der Waals surface area contributed by atoms with E-state index in [0.717, 1.165) is 62.9 Å². The maximum atomic E-state index is 14.7. The predicted octanol–water partition coefficient (Wildman–Crippen LogP) is 8.52. The Bertz CT molecular complexity index is 2100. The molecule has 308 valence electrons. The monoisotopic (exact) mass is 808 g/mol. The van der Waals surface area contributed by atoms with Crippen LogP contribution in [0.4, 0.5) is 0 Å². The van der Waals surface area contributed by atoms with Crippen LogP contribution in [0.15, 0.2) is 132 Å². The van der Waals surface area contributed by atoms with E-state index in [0.29, 0.717) is 19.6 Å². The standard InChI is InChI=1S/C51H60N2O5Si/c1-5-36(31-37-21-24-41(54)25-22-37)23-26-46-47-39(34-58-59(51(2,3)4,42-17-11-7-12-18-42)43-19-13-8-14-20-43)32-44-48(45(47)35-57-46)50(56)53(49(44)55)40-27-29-52(30-28-40)33-38-15-9-6-10-16-38/h6-22,24-25,31,40,44-46,48,54H,5,23,26-30,32-35H2,1-4H3/b36-31+/t44-,45+,46-,48-/m1/s1. The number of phenolic OH excluding ortho intramolecular Hbond substituents is 1. The zero-order chi connectivity index (χ0) is 41.1. The number of rotatable bonds is 13. The topological polar surface area (TPSA) is 79.3 Å². The molecule has 0 spiro atoms. The minimum atomic E-state index is -2.90. The summed E-state index contributed by atoms with van der Waals surface area (Å²) < 4.78 is 14.3. The third-order valence-electron chi connectivity index (χ3n) is 13.5. The first kappa shape index (κ1) is 41.1. The van der Waals surface area contributed by atoms with Crippen molar-refractivity contribution in [1.29, 1.82) is 0 Å². The van der Waals surface area contributed by atoms with Crippen molar-refractivity contribution in [3.63, 3.8) is 0 Å². The van der Waals surface area contributed by atoms with Crippen LogP contribution in [0.3, 0.4) is 0 Å². The molecule has 0 bridgehead atoms. The van der Waals surface area contributed by atoms with E-state index in [-0.39, 0.29) is 40.7 Å². The van der Waals surface area contributed by atoms with Gasteiger partial charge in [0.25, 0.3) is 8.32 Å². The highest BCUT2D eigenvalue weighted by Crippen LogP contribution is 2.51. The van der Waals surface area contributed by atoms with Crippen molar-refractivity contribution in [2.75, 3.05) is 26.3 Å². The number of hydrogen-bond donors (Lipinski definition) is 1. The van der Waals surface area contributed by atoms with Gasteiger partial charge in [0.05, 0.1) is 31.2 Å². The summed E-state index contributed by atoms with van der Waals surface area (Å²) in [6.45, 7) is 12.5. The van der Waals surface area contributed by atoms with Gasteiger partial charge in [-0.25, -0.2) is 0 Å². The lowest BCUT2D eigenvalue weighted by atomic mass is 9.69. The Labute approximate surface area is 351 Å². The highest BCUT2D eigenvalue weighted by Gasteiger charge is 2.59. The molecule has 1 N–H and O–H groups in total. The number of carbonyl (C=O) groups is 2. The number of likely N-dealkylation sites (tertiary alicyclic amines) is 2. The second kappa shape index (κ2) is 17.5.